The summed E-state index contributed by atoms with van der Waals surface area (Å²) in [4.78, 5) is 15.6. The maximum absolute atomic E-state index is 11.1. The number of rotatable bonds is 6. The van der Waals surface area contributed by atoms with E-state index in [2.05, 4.69) is 20.2 Å². The van der Waals surface area contributed by atoms with E-state index in [1.165, 1.54) is 6.92 Å². The number of aromatic nitrogens is 2. The number of carbonyl (C=O) groups is 1. The van der Waals surface area contributed by atoms with E-state index in [4.69, 9.17) is 16.3 Å². The van der Waals surface area contributed by atoms with Gasteiger partial charge in [0.2, 0.25) is 5.91 Å². The maximum atomic E-state index is 11.1. The third kappa shape index (κ3) is 4.85. The molecule has 0 saturated heterocycles. The summed E-state index contributed by atoms with van der Waals surface area (Å²) in [5, 5.41) is 6.96. The Morgan fingerprint density at radius 2 is 1.97 bits per heavy atom. The molecule has 7 heteroatoms. The molecule has 0 radical (unpaired) electrons. The highest BCUT2D eigenvalue weighted by Gasteiger charge is 2.22. The Hall–Kier alpha value is -2.67. The molecule has 2 N–H and O–H groups in total. The summed E-state index contributed by atoms with van der Waals surface area (Å²) >= 11 is 6.01. The molecule has 29 heavy (non-hydrogen) atoms. The number of nitrogens with one attached hydrogen (secondary N) is 2. The van der Waals surface area contributed by atoms with Crippen molar-refractivity contribution in [1.29, 1.82) is 0 Å². The molecule has 1 amide bonds. The minimum absolute atomic E-state index is 0.0674. The number of halogens is 1. The molecule has 0 saturated carbocycles. The fraction of sp³-hybridized carbons (Fsp3) is 0.273. The molecule has 1 aliphatic heterocycles. The Morgan fingerprint density at radius 3 is 2.69 bits per heavy atom. The van der Waals surface area contributed by atoms with Gasteiger partial charge >= 0.3 is 0 Å². The van der Waals surface area contributed by atoms with Gasteiger partial charge in [-0.05, 0) is 35.4 Å². The molecule has 1 atom stereocenters. The van der Waals surface area contributed by atoms with Crippen LogP contribution in [0.1, 0.15) is 18.3 Å². The van der Waals surface area contributed by atoms with Gasteiger partial charge in [0.05, 0.1) is 24.5 Å². The van der Waals surface area contributed by atoms with Gasteiger partial charge in [-0.15, -0.1) is 0 Å². The molecule has 2 heterocycles. The van der Waals surface area contributed by atoms with Crippen molar-refractivity contribution in [3.63, 3.8) is 0 Å². The molecular weight excluding hydrogens is 388 g/mol. The monoisotopic (exact) mass is 410 g/mol. The Morgan fingerprint density at radius 1 is 1.21 bits per heavy atom. The zero-order chi connectivity index (χ0) is 20.2. The minimum atomic E-state index is -0.0674. The van der Waals surface area contributed by atoms with Crippen LogP contribution in [0.15, 0.2) is 54.7 Å². The van der Waals surface area contributed by atoms with Crippen molar-refractivity contribution in [2.24, 2.45) is 0 Å². The molecule has 4 rings (SSSR count). The molecular formula is C22H23ClN4O2. The number of amides is 1. The zero-order valence-corrected chi connectivity index (χ0v) is 16.9. The Balaban J connectivity index is 1.34. The Bertz CT molecular complexity index is 983. The first-order chi connectivity index (χ1) is 14.1. The van der Waals surface area contributed by atoms with E-state index in [1.807, 2.05) is 54.7 Å². The summed E-state index contributed by atoms with van der Waals surface area (Å²) in [6.45, 7) is 4.24. The van der Waals surface area contributed by atoms with Gasteiger partial charge in [-0.25, -0.2) is 4.98 Å². The summed E-state index contributed by atoms with van der Waals surface area (Å²) in [5.41, 5.74) is 4.14. The van der Waals surface area contributed by atoms with Crippen LogP contribution in [-0.2, 0) is 29.2 Å². The normalized spacial score (nSPS) is 15.7. The van der Waals surface area contributed by atoms with Gasteiger partial charge in [-0.3, -0.25) is 4.79 Å². The SMILES string of the molecule is CC(=O)Nc1ccc(CNC[C@H]2Cn3c(-c4ccc(Cl)cc4)cnc3CO2)cc1. The number of hydrogen-bond donors (Lipinski definition) is 2. The molecule has 3 aromatic rings. The average molecular weight is 411 g/mol. The molecule has 0 spiro atoms. The number of imidazole rings is 1. The molecule has 0 unspecified atom stereocenters. The summed E-state index contributed by atoms with van der Waals surface area (Å²) in [5.74, 6) is 0.877. The molecule has 1 aliphatic rings. The van der Waals surface area contributed by atoms with Crippen LogP contribution in [0.2, 0.25) is 5.02 Å². The number of ether oxygens (including phenoxy) is 1. The van der Waals surface area contributed by atoms with Crippen LogP contribution >= 0.6 is 11.6 Å². The predicted molar refractivity (Wildman–Crippen MR) is 114 cm³/mol. The lowest BCUT2D eigenvalue weighted by molar-refractivity contribution is -0.114. The highest BCUT2D eigenvalue weighted by Crippen LogP contribution is 2.26. The fourth-order valence-corrected chi connectivity index (χ4v) is 3.57. The molecule has 150 valence electrons. The van der Waals surface area contributed by atoms with Crippen LogP contribution in [0.4, 0.5) is 5.69 Å². The van der Waals surface area contributed by atoms with E-state index in [0.29, 0.717) is 6.61 Å². The zero-order valence-electron chi connectivity index (χ0n) is 16.2. The van der Waals surface area contributed by atoms with Crippen LogP contribution in [-0.4, -0.2) is 28.1 Å². The highest BCUT2D eigenvalue weighted by molar-refractivity contribution is 6.30. The van der Waals surface area contributed by atoms with Gasteiger partial charge in [-0.1, -0.05) is 35.9 Å². The van der Waals surface area contributed by atoms with Crippen LogP contribution in [0.5, 0.6) is 0 Å². The lowest BCUT2D eigenvalue weighted by Crippen LogP contribution is -2.36. The van der Waals surface area contributed by atoms with Crippen LogP contribution in [0, 0.1) is 0 Å². The van der Waals surface area contributed by atoms with Gasteiger partial charge in [0.15, 0.2) is 0 Å². The number of carbonyl (C=O) groups excluding carboxylic acids is 1. The van der Waals surface area contributed by atoms with Crippen molar-refractivity contribution in [3.8, 4) is 11.3 Å². The summed E-state index contributed by atoms with van der Waals surface area (Å²) in [6.07, 6.45) is 1.97. The number of fused-ring (bicyclic) bond motifs is 1. The number of benzene rings is 2. The number of hydrogen-bond acceptors (Lipinski definition) is 4. The molecule has 0 aliphatic carbocycles. The minimum Gasteiger partial charge on any atom is -0.367 e. The first kappa shape index (κ1) is 19.6. The third-order valence-corrected chi connectivity index (χ3v) is 5.14. The van der Waals surface area contributed by atoms with Gasteiger partial charge in [0.25, 0.3) is 0 Å². The van der Waals surface area contributed by atoms with E-state index < -0.39 is 0 Å². The van der Waals surface area contributed by atoms with Gasteiger partial charge in [0, 0.05) is 30.7 Å². The predicted octanol–water partition coefficient (Wildman–Crippen LogP) is 3.85. The molecule has 6 nitrogen and oxygen atoms in total. The number of anilines is 1. The first-order valence-electron chi connectivity index (χ1n) is 9.57. The van der Waals surface area contributed by atoms with Crippen LogP contribution < -0.4 is 10.6 Å². The van der Waals surface area contributed by atoms with Crippen molar-refractivity contribution in [1.82, 2.24) is 14.9 Å². The maximum Gasteiger partial charge on any atom is 0.221 e. The second-order valence-corrected chi connectivity index (χ2v) is 7.56. The molecule has 0 fully saturated rings. The van der Waals surface area contributed by atoms with Gasteiger partial charge < -0.3 is 19.9 Å². The second kappa shape index (κ2) is 8.78. The molecule has 1 aromatic heterocycles. The summed E-state index contributed by atoms with van der Waals surface area (Å²) in [6, 6.07) is 15.6. The van der Waals surface area contributed by atoms with Crippen molar-refractivity contribution >= 4 is 23.2 Å². The number of nitrogens with zero attached hydrogens (tertiary/aromatic N) is 2. The van der Waals surface area contributed by atoms with E-state index >= 15 is 0 Å². The van der Waals surface area contributed by atoms with Crippen molar-refractivity contribution < 1.29 is 9.53 Å². The Kier molecular flexibility index (Phi) is 5.94. The summed E-state index contributed by atoms with van der Waals surface area (Å²) < 4.78 is 8.18. The fourth-order valence-electron chi connectivity index (χ4n) is 3.44. The second-order valence-electron chi connectivity index (χ2n) is 7.12. The average Bonchev–Trinajstić information content (AvgIpc) is 3.13. The van der Waals surface area contributed by atoms with Gasteiger partial charge in [-0.2, -0.15) is 0 Å². The standard InChI is InChI=1S/C22H23ClN4O2/c1-15(28)26-19-8-2-16(3-9-19)10-24-11-20-13-27-21(12-25-22(27)14-29-20)17-4-6-18(23)7-5-17/h2-9,12,20,24H,10-11,13-14H2,1H3,(H,26,28)/t20-/m0/s1. The first-order valence-corrected chi connectivity index (χ1v) is 9.95. The Labute approximate surface area is 174 Å². The highest BCUT2D eigenvalue weighted by atomic mass is 35.5. The van der Waals surface area contributed by atoms with E-state index in [1.54, 1.807) is 0 Å². The largest absolute Gasteiger partial charge is 0.367 e. The van der Waals surface area contributed by atoms with Crippen LogP contribution in [0.25, 0.3) is 11.3 Å². The molecule has 0 bridgehead atoms. The van der Waals surface area contributed by atoms with E-state index in [0.717, 1.165) is 53.0 Å². The lowest BCUT2D eigenvalue weighted by Gasteiger charge is -2.26. The van der Waals surface area contributed by atoms with E-state index in [9.17, 15) is 4.79 Å². The van der Waals surface area contributed by atoms with Gasteiger partial charge in [0.1, 0.15) is 12.4 Å². The topological polar surface area (TPSA) is 68.2 Å². The summed E-state index contributed by atoms with van der Waals surface area (Å²) in [7, 11) is 0. The van der Waals surface area contributed by atoms with E-state index in [-0.39, 0.29) is 12.0 Å². The molecule has 2 aromatic carbocycles. The smallest absolute Gasteiger partial charge is 0.221 e. The van der Waals surface area contributed by atoms with Crippen molar-refractivity contribution in [2.75, 3.05) is 11.9 Å². The lowest BCUT2D eigenvalue weighted by atomic mass is 10.1. The quantitative estimate of drug-likeness (QED) is 0.647. The van der Waals surface area contributed by atoms with Crippen LogP contribution in [0.3, 0.4) is 0 Å². The van der Waals surface area contributed by atoms with Crippen molar-refractivity contribution in [2.45, 2.75) is 32.7 Å². The van der Waals surface area contributed by atoms with Crippen molar-refractivity contribution in [3.05, 3.63) is 71.1 Å². The third-order valence-electron chi connectivity index (χ3n) is 4.89.